The second-order valence-electron chi connectivity index (χ2n) is 5.83. The molecule has 0 bridgehead atoms. The zero-order valence-corrected chi connectivity index (χ0v) is 17.8. The number of nitrogens with one attached hydrogen (secondary N) is 2. The van der Waals surface area contributed by atoms with Crippen molar-refractivity contribution in [3.05, 3.63) is 43.9 Å². The number of Topliss-reactive ketones (excluding diaryl/α,β-unsaturated/α-hetero) is 1. The van der Waals surface area contributed by atoms with Crippen LogP contribution in [0.3, 0.4) is 0 Å². The van der Waals surface area contributed by atoms with Crippen LogP contribution in [0, 0.1) is 9.39 Å². The summed E-state index contributed by atoms with van der Waals surface area (Å²) in [6, 6.07) is 4.46. The van der Waals surface area contributed by atoms with Crippen LogP contribution in [-0.2, 0) is 11.9 Å². The Kier molecular flexibility index (Phi) is 7.78. The molecule has 2 aromatic rings. The van der Waals surface area contributed by atoms with E-state index in [1.807, 2.05) is 22.6 Å². The van der Waals surface area contributed by atoms with E-state index < -0.39 is 30.2 Å². The maximum atomic E-state index is 14.2. The summed E-state index contributed by atoms with van der Waals surface area (Å²) in [6.45, 7) is 0.377. The molecule has 0 fully saturated rings. The number of aromatic nitrogens is 1. The number of nitrogens with zero attached hydrogens (tertiary/aromatic N) is 1. The van der Waals surface area contributed by atoms with Crippen LogP contribution in [0.15, 0.2) is 18.2 Å². The second kappa shape index (κ2) is 9.65. The fourth-order valence-electron chi connectivity index (χ4n) is 2.42. The van der Waals surface area contributed by atoms with Gasteiger partial charge in [0.2, 0.25) is 0 Å². The topological polar surface area (TPSA) is 113 Å². The third-order valence-electron chi connectivity index (χ3n) is 3.73. The number of halogens is 3. The predicted molar refractivity (Wildman–Crippen MR) is 109 cm³/mol. The Hall–Kier alpha value is -1.73. The Morgan fingerprint density at radius 2 is 2.11 bits per heavy atom. The molecule has 0 radical (unpaired) electrons. The fourth-order valence-corrected chi connectivity index (χ4v) is 3.31. The molecule has 0 aliphatic heterocycles. The lowest BCUT2D eigenvalue weighted by Gasteiger charge is -2.13. The van der Waals surface area contributed by atoms with Crippen LogP contribution >= 0.6 is 34.2 Å². The number of hydroxylamine groups is 1. The first kappa shape index (κ1) is 22.6. The van der Waals surface area contributed by atoms with Crippen LogP contribution in [0.25, 0.3) is 0 Å². The quantitative estimate of drug-likeness (QED) is 0.239. The summed E-state index contributed by atoms with van der Waals surface area (Å²) in [5, 5.41) is 20.7. The second-order valence-corrected chi connectivity index (χ2v) is 7.45. The molecule has 11 heteroatoms. The summed E-state index contributed by atoms with van der Waals surface area (Å²) >= 11 is 8.20. The summed E-state index contributed by atoms with van der Waals surface area (Å²) in [5.41, 5.74) is 2.08. The summed E-state index contributed by atoms with van der Waals surface area (Å²) in [5.74, 6) is -1.68. The molecule has 0 saturated carbocycles. The average molecular weight is 526 g/mol. The van der Waals surface area contributed by atoms with Crippen LogP contribution in [-0.4, -0.2) is 45.8 Å². The van der Waals surface area contributed by atoms with Crippen molar-refractivity contribution >= 4 is 57.4 Å². The van der Waals surface area contributed by atoms with E-state index in [9.17, 15) is 19.1 Å². The van der Waals surface area contributed by atoms with Crippen LogP contribution in [0.4, 0.5) is 15.9 Å². The van der Waals surface area contributed by atoms with E-state index in [2.05, 4.69) is 10.8 Å². The Morgan fingerprint density at radius 3 is 2.68 bits per heavy atom. The van der Waals surface area contributed by atoms with Gasteiger partial charge in [-0.3, -0.25) is 14.4 Å². The van der Waals surface area contributed by atoms with Gasteiger partial charge in [0.25, 0.3) is 5.91 Å². The molecule has 0 spiro atoms. The van der Waals surface area contributed by atoms with E-state index in [0.29, 0.717) is 3.57 Å². The van der Waals surface area contributed by atoms with Crippen LogP contribution in [0.2, 0.25) is 5.02 Å². The van der Waals surface area contributed by atoms with Crippen LogP contribution in [0.1, 0.15) is 27.8 Å². The molecule has 0 aliphatic rings. The van der Waals surface area contributed by atoms with Gasteiger partial charge in [0, 0.05) is 17.5 Å². The first-order chi connectivity index (χ1) is 13.2. The number of ketones is 1. The molecule has 0 unspecified atom stereocenters. The number of aliphatic hydroxyl groups is 2. The molecule has 4 N–H and O–H groups in total. The molecule has 1 amide bonds. The lowest BCUT2D eigenvalue weighted by Crippen LogP contribution is -2.30. The SMILES string of the molecule is CC(=O)c1c(Cl)c(C(=O)NOC[C@@H](O)CO)c(Nc2ccc(I)cc2F)n1C. The minimum absolute atomic E-state index is 0.0515. The van der Waals surface area contributed by atoms with Gasteiger partial charge in [0.1, 0.15) is 35.6 Å². The lowest BCUT2D eigenvalue weighted by molar-refractivity contribution is -0.0295. The van der Waals surface area contributed by atoms with Crippen molar-refractivity contribution in [3.63, 3.8) is 0 Å². The number of anilines is 2. The maximum Gasteiger partial charge on any atom is 0.280 e. The van der Waals surface area contributed by atoms with E-state index in [4.69, 9.17) is 21.5 Å². The number of benzene rings is 1. The average Bonchev–Trinajstić information content (AvgIpc) is 2.87. The van der Waals surface area contributed by atoms with Gasteiger partial charge in [-0.05, 0) is 40.8 Å². The molecule has 2 rings (SSSR count). The van der Waals surface area contributed by atoms with Gasteiger partial charge < -0.3 is 20.1 Å². The van der Waals surface area contributed by atoms with Gasteiger partial charge in [0.15, 0.2) is 5.78 Å². The molecule has 8 nitrogen and oxygen atoms in total. The summed E-state index contributed by atoms with van der Waals surface area (Å²) < 4.78 is 16.3. The van der Waals surface area contributed by atoms with E-state index in [-0.39, 0.29) is 34.4 Å². The highest BCUT2D eigenvalue weighted by Crippen LogP contribution is 2.34. The monoisotopic (exact) mass is 525 g/mol. The summed E-state index contributed by atoms with van der Waals surface area (Å²) in [6.07, 6.45) is -1.18. The zero-order chi connectivity index (χ0) is 21.0. The molecular weight excluding hydrogens is 508 g/mol. The van der Waals surface area contributed by atoms with Crippen molar-refractivity contribution < 1.29 is 29.0 Å². The third kappa shape index (κ3) is 5.00. The van der Waals surface area contributed by atoms with Crippen molar-refractivity contribution in [2.24, 2.45) is 7.05 Å². The molecule has 0 aliphatic carbocycles. The molecule has 152 valence electrons. The zero-order valence-electron chi connectivity index (χ0n) is 14.9. The van der Waals surface area contributed by atoms with Crippen molar-refractivity contribution in [1.82, 2.24) is 10.0 Å². The molecule has 1 atom stereocenters. The molecule has 0 saturated heterocycles. The highest BCUT2D eigenvalue weighted by atomic mass is 127. The number of hydrogen-bond donors (Lipinski definition) is 4. The van der Waals surface area contributed by atoms with Crippen molar-refractivity contribution in [2.75, 3.05) is 18.5 Å². The van der Waals surface area contributed by atoms with E-state index in [1.54, 1.807) is 6.07 Å². The largest absolute Gasteiger partial charge is 0.394 e. The first-order valence-electron chi connectivity index (χ1n) is 7.99. The smallest absolute Gasteiger partial charge is 0.280 e. The summed E-state index contributed by atoms with van der Waals surface area (Å²) in [4.78, 5) is 29.3. The lowest BCUT2D eigenvalue weighted by atomic mass is 10.2. The standard InChI is InChI=1S/C17H18ClFIN3O5/c1-8(25)15-14(18)13(17(27)22-28-7-10(26)6-24)16(23(15)2)21-12-4-3-9(20)5-11(12)19/h3-5,10,21,24,26H,6-7H2,1-2H3,(H,22,27)/t10-/m0/s1. The molecule has 1 aromatic heterocycles. The highest BCUT2D eigenvalue weighted by molar-refractivity contribution is 14.1. The molecule has 28 heavy (non-hydrogen) atoms. The van der Waals surface area contributed by atoms with Crippen molar-refractivity contribution in [1.29, 1.82) is 0 Å². The fraction of sp³-hybridized carbons (Fsp3) is 0.294. The molecular formula is C17H18ClFIN3O5. The third-order valence-corrected chi connectivity index (χ3v) is 4.77. The molecule has 1 heterocycles. The van der Waals surface area contributed by atoms with Crippen molar-refractivity contribution in [3.8, 4) is 0 Å². The highest BCUT2D eigenvalue weighted by Gasteiger charge is 2.28. The van der Waals surface area contributed by atoms with Crippen molar-refractivity contribution in [2.45, 2.75) is 13.0 Å². The minimum Gasteiger partial charge on any atom is -0.394 e. The number of carbonyl (C=O) groups is 2. The Labute approximate surface area is 178 Å². The van der Waals surface area contributed by atoms with Gasteiger partial charge in [-0.25, -0.2) is 9.87 Å². The Balaban J connectivity index is 2.41. The Morgan fingerprint density at radius 1 is 1.43 bits per heavy atom. The van der Waals surface area contributed by atoms with Crippen LogP contribution < -0.4 is 10.8 Å². The normalized spacial score (nSPS) is 12.0. The van der Waals surface area contributed by atoms with Gasteiger partial charge in [-0.1, -0.05) is 11.6 Å². The van der Waals surface area contributed by atoms with Gasteiger partial charge in [0.05, 0.1) is 17.3 Å². The minimum atomic E-state index is -1.18. The number of rotatable bonds is 8. The first-order valence-corrected chi connectivity index (χ1v) is 9.45. The summed E-state index contributed by atoms with van der Waals surface area (Å²) in [7, 11) is 1.50. The van der Waals surface area contributed by atoms with E-state index >= 15 is 0 Å². The number of aliphatic hydroxyl groups excluding tert-OH is 2. The Bertz CT molecular complexity index is 905. The number of hydrogen-bond acceptors (Lipinski definition) is 6. The number of amides is 1. The van der Waals surface area contributed by atoms with Crippen LogP contribution in [0.5, 0.6) is 0 Å². The number of carbonyl (C=O) groups excluding carboxylic acids is 2. The van der Waals surface area contributed by atoms with Gasteiger partial charge >= 0.3 is 0 Å². The molecule has 1 aromatic carbocycles. The predicted octanol–water partition coefficient (Wildman–Crippen LogP) is 2.38. The van der Waals surface area contributed by atoms with E-state index in [0.717, 1.165) is 0 Å². The maximum absolute atomic E-state index is 14.2. The van der Waals surface area contributed by atoms with E-state index in [1.165, 1.54) is 30.7 Å². The van der Waals surface area contributed by atoms with Gasteiger partial charge in [-0.2, -0.15) is 0 Å². The van der Waals surface area contributed by atoms with Gasteiger partial charge in [-0.15, -0.1) is 0 Å².